The molecule has 0 heterocycles. The molecule has 0 radical (unpaired) electrons. The van der Waals surface area contributed by atoms with Crippen molar-refractivity contribution in [1.82, 2.24) is 0 Å². The van der Waals surface area contributed by atoms with Crippen LogP contribution in [0.5, 0.6) is 0 Å². The van der Waals surface area contributed by atoms with Crippen LogP contribution in [0.4, 0.5) is 0 Å². The average molecular weight is 855 g/mol. The van der Waals surface area contributed by atoms with Gasteiger partial charge in [-0.05, 0) is 45.5 Å². The Morgan fingerprint density at radius 2 is 0.565 bits per heavy atom. The minimum absolute atomic E-state index is 0.262. The Morgan fingerprint density at radius 1 is 0.242 bits per heavy atom. The summed E-state index contributed by atoms with van der Waals surface area (Å²) >= 11 is 0. The molecule has 0 N–H and O–H groups in total. The van der Waals surface area contributed by atoms with Gasteiger partial charge in [0, 0.05) is 59.6 Å². The minimum atomic E-state index is -3.45. The summed E-state index contributed by atoms with van der Waals surface area (Å²) in [6.07, 6.45) is 0. The molecule has 2 atom stereocenters. The summed E-state index contributed by atoms with van der Waals surface area (Å²) < 4.78 is 48.2. The van der Waals surface area contributed by atoms with Gasteiger partial charge in [0.25, 0.3) is 0 Å². The monoisotopic (exact) mass is 854 g/mol. The van der Waals surface area contributed by atoms with Crippen LogP contribution in [0.1, 0.15) is 45.2 Å². The molecule has 9 aromatic carbocycles. The first-order valence-electron chi connectivity index (χ1n) is 21.0. The van der Waals surface area contributed by atoms with Crippen molar-refractivity contribution in [3.8, 4) is 0 Å². The van der Waals surface area contributed by atoms with Crippen LogP contribution in [0.3, 0.4) is 0 Å². The van der Waals surface area contributed by atoms with Crippen LogP contribution in [-0.4, -0.2) is 0 Å². The van der Waals surface area contributed by atoms with E-state index in [4.69, 9.17) is 0 Å². The quantitative estimate of drug-likeness (QED) is 0.136. The van der Waals surface area contributed by atoms with Crippen LogP contribution in [0.15, 0.2) is 237 Å². The first-order chi connectivity index (χ1) is 30.4. The fourth-order valence-electron chi connectivity index (χ4n) is 10.1. The summed E-state index contributed by atoms with van der Waals surface area (Å²) in [7, 11) is -10.1. The third kappa shape index (κ3) is 5.84. The highest BCUT2D eigenvalue weighted by Gasteiger charge is 2.47. The number of benzene rings is 9. The normalized spacial score (nSPS) is 15.3. The van der Waals surface area contributed by atoms with E-state index in [1.165, 1.54) is 0 Å². The number of hydrogen-bond acceptors (Lipinski definition) is 3. The predicted molar refractivity (Wildman–Crippen MR) is 259 cm³/mol. The molecule has 2 unspecified atom stereocenters. The Morgan fingerprint density at radius 3 is 0.935 bits per heavy atom. The lowest BCUT2D eigenvalue weighted by atomic mass is 9.61. The topological polar surface area (TPSA) is 51.2 Å². The molecule has 62 heavy (non-hydrogen) atoms. The van der Waals surface area contributed by atoms with Crippen LogP contribution in [-0.2, 0) is 13.7 Å². The van der Waals surface area contributed by atoms with Gasteiger partial charge in [-0.15, -0.1) is 0 Å². The lowest BCUT2D eigenvalue weighted by Gasteiger charge is -2.44. The maximum atomic E-state index is 16.4. The molecule has 298 valence electrons. The molecule has 3 nitrogen and oxygen atoms in total. The van der Waals surface area contributed by atoms with Crippen LogP contribution in [0.2, 0.25) is 0 Å². The Balaban J connectivity index is 1.19. The highest BCUT2D eigenvalue weighted by molar-refractivity contribution is 7.86. The second-order valence-corrected chi connectivity index (χ2v) is 24.4. The fourth-order valence-corrected chi connectivity index (χ4v) is 18.4. The van der Waals surface area contributed by atoms with Gasteiger partial charge in [0.1, 0.15) is 0 Å². The standard InChI is InChI=1S/C56H41O3P3/c57-60(40-20-7-1-8-21-40,41-22-9-2-10-23-41)46-35-37-49-51(38-46)54-48-36-34-47(61(58,42-24-11-3-12-25-42)43-26-13-4-14-27-43)39-52(48)55(49)56-50(54)32-19-33-53(56)62(59,44-28-15-5-16-29-44)45-30-17-6-18-31-45/h1-39,54-55H. The highest BCUT2D eigenvalue weighted by Crippen LogP contribution is 2.59. The Kier molecular flexibility index (Phi) is 9.48. The van der Waals surface area contributed by atoms with Crippen LogP contribution < -0.4 is 47.7 Å². The van der Waals surface area contributed by atoms with Gasteiger partial charge < -0.3 is 13.7 Å². The van der Waals surface area contributed by atoms with Crippen molar-refractivity contribution in [2.24, 2.45) is 0 Å². The number of hydrogen-bond donors (Lipinski definition) is 0. The van der Waals surface area contributed by atoms with E-state index in [1.807, 2.05) is 182 Å². The van der Waals surface area contributed by atoms with E-state index in [9.17, 15) is 0 Å². The molecule has 2 bridgehead atoms. The van der Waals surface area contributed by atoms with Gasteiger partial charge in [-0.1, -0.05) is 224 Å². The van der Waals surface area contributed by atoms with E-state index in [1.54, 1.807) is 0 Å². The van der Waals surface area contributed by atoms with Crippen molar-refractivity contribution in [3.63, 3.8) is 0 Å². The molecule has 9 aromatic rings. The average Bonchev–Trinajstić information content (AvgIpc) is 3.36. The molecule has 3 aliphatic rings. The summed E-state index contributed by atoms with van der Waals surface area (Å²) in [4.78, 5) is 0. The van der Waals surface area contributed by atoms with Crippen molar-refractivity contribution < 1.29 is 13.7 Å². The molecule has 0 spiro atoms. The maximum Gasteiger partial charge on any atom is 0.171 e. The largest absolute Gasteiger partial charge is 0.309 e. The summed E-state index contributed by atoms with van der Waals surface area (Å²) in [5.74, 6) is -0.611. The highest BCUT2D eigenvalue weighted by atomic mass is 31.2. The zero-order valence-corrected chi connectivity index (χ0v) is 36.4. The molecular weight excluding hydrogens is 814 g/mol. The SMILES string of the molecule is O=P(c1ccccc1)(c1ccccc1)c1ccc2c(c1)C1c3ccc(P(=O)(c4ccccc4)c4ccccc4)cc3C2c2c1cccc2P(=O)(c1ccccc1)c1ccccc1. The molecule has 0 fully saturated rings. The molecule has 0 saturated carbocycles. The third-order valence-electron chi connectivity index (χ3n) is 12.9. The zero-order valence-electron chi connectivity index (χ0n) is 33.7. The molecule has 0 aliphatic heterocycles. The lowest BCUT2D eigenvalue weighted by molar-refractivity contribution is 0.591. The van der Waals surface area contributed by atoms with Gasteiger partial charge in [-0.3, -0.25) is 0 Å². The molecule has 3 aliphatic carbocycles. The van der Waals surface area contributed by atoms with E-state index in [2.05, 4.69) is 54.6 Å². The molecule has 0 aromatic heterocycles. The van der Waals surface area contributed by atoms with Gasteiger partial charge >= 0.3 is 0 Å². The first-order valence-corrected chi connectivity index (χ1v) is 26.1. The van der Waals surface area contributed by atoms with E-state index in [0.29, 0.717) is 0 Å². The number of rotatable bonds is 9. The smallest absolute Gasteiger partial charge is 0.171 e. The minimum Gasteiger partial charge on any atom is -0.309 e. The summed E-state index contributed by atoms with van der Waals surface area (Å²) in [5, 5.41) is 6.99. The first kappa shape index (κ1) is 38.6. The summed E-state index contributed by atoms with van der Waals surface area (Å²) in [6.45, 7) is 0. The fraction of sp³-hybridized carbons (Fsp3) is 0.0357. The van der Waals surface area contributed by atoms with Crippen LogP contribution in [0.25, 0.3) is 0 Å². The molecule has 0 amide bonds. The van der Waals surface area contributed by atoms with Crippen LogP contribution in [0, 0.1) is 0 Å². The predicted octanol–water partition coefficient (Wildman–Crippen LogP) is 9.59. The zero-order chi connectivity index (χ0) is 41.9. The maximum absolute atomic E-state index is 16.4. The second-order valence-electron chi connectivity index (χ2n) is 16.1. The van der Waals surface area contributed by atoms with Crippen molar-refractivity contribution >= 4 is 69.2 Å². The summed E-state index contributed by atoms with van der Waals surface area (Å²) in [6, 6.07) is 78.1. The lowest BCUT2D eigenvalue weighted by Crippen LogP contribution is -2.37. The third-order valence-corrected chi connectivity index (χ3v) is 22.1. The van der Waals surface area contributed by atoms with Crippen molar-refractivity contribution in [3.05, 3.63) is 270 Å². The second kappa shape index (κ2) is 15.2. The summed E-state index contributed by atoms with van der Waals surface area (Å²) in [5.41, 5.74) is 6.46. The molecule has 12 rings (SSSR count). The Labute approximate surface area is 362 Å². The van der Waals surface area contributed by atoms with Crippen molar-refractivity contribution in [2.75, 3.05) is 0 Å². The van der Waals surface area contributed by atoms with E-state index in [0.717, 1.165) is 81.1 Å². The van der Waals surface area contributed by atoms with Gasteiger partial charge in [-0.2, -0.15) is 0 Å². The van der Waals surface area contributed by atoms with Gasteiger partial charge in [0.05, 0.1) is 0 Å². The van der Waals surface area contributed by atoms with Gasteiger partial charge in [-0.25, -0.2) is 0 Å². The van der Waals surface area contributed by atoms with Crippen molar-refractivity contribution in [2.45, 2.75) is 11.8 Å². The Bertz CT molecular complexity index is 3130. The van der Waals surface area contributed by atoms with Crippen LogP contribution >= 0.6 is 21.4 Å². The van der Waals surface area contributed by atoms with E-state index in [-0.39, 0.29) is 11.8 Å². The molecular formula is C56H41O3P3. The van der Waals surface area contributed by atoms with Gasteiger partial charge in [0.15, 0.2) is 21.4 Å². The molecule has 6 heteroatoms. The molecule has 0 saturated heterocycles. The van der Waals surface area contributed by atoms with E-state index < -0.39 is 21.4 Å². The van der Waals surface area contributed by atoms with E-state index >= 15 is 13.7 Å². The van der Waals surface area contributed by atoms with Crippen molar-refractivity contribution in [1.29, 1.82) is 0 Å². The van der Waals surface area contributed by atoms with Gasteiger partial charge in [0.2, 0.25) is 0 Å². The Hall–Kier alpha value is -6.33.